The summed E-state index contributed by atoms with van der Waals surface area (Å²) in [5.74, 6) is -2.37. The molecule has 0 aliphatic rings. The van der Waals surface area contributed by atoms with Gasteiger partial charge >= 0.3 is 11.9 Å². The van der Waals surface area contributed by atoms with Crippen molar-refractivity contribution in [1.29, 1.82) is 0 Å². The summed E-state index contributed by atoms with van der Waals surface area (Å²) in [6.45, 7) is 0.354. The van der Waals surface area contributed by atoms with Crippen LogP contribution in [0.4, 0.5) is 0 Å². The fraction of sp³-hybridized carbons (Fsp3) is 0.800. The standard InChI is InChI=1S/C10H20N2O5/c11-7(3-1-2-4-13)6-12-8(10(16)17)5-9(14)15/h7-8,12-13H,1-6,11H2,(H,14,15)(H,16,17). The van der Waals surface area contributed by atoms with Gasteiger partial charge in [0.05, 0.1) is 6.42 Å². The zero-order valence-corrected chi connectivity index (χ0v) is 9.63. The van der Waals surface area contributed by atoms with Crippen LogP contribution in [-0.4, -0.2) is 52.5 Å². The summed E-state index contributed by atoms with van der Waals surface area (Å²) < 4.78 is 0. The number of unbranched alkanes of at least 4 members (excludes halogenated alkanes) is 1. The number of hydrogen-bond donors (Lipinski definition) is 5. The second-order valence-corrected chi connectivity index (χ2v) is 3.88. The second-order valence-electron chi connectivity index (χ2n) is 3.88. The first-order valence-corrected chi connectivity index (χ1v) is 5.51. The van der Waals surface area contributed by atoms with Gasteiger partial charge in [-0.1, -0.05) is 0 Å². The molecule has 2 unspecified atom stereocenters. The lowest BCUT2D eigenvalue weighted by atomic mass is 10.1. The number of aliphatic carboxylic acids is 2. The monoisotopic (exact) mass is 248 g/mol. The van der Waals surface area contributed by atoms with Gasteiger partial charge in [-0.05, 0) is 19.3 Å². The quantitative estimate of drug-likeness (QED) is 0.313. The molecule has 0 saturated heterocycles. The number of rotatable bonds is 10. The highest BCUT2D eigenvalue weighted by Crippen LogP contribution is 1.99. The van der Waals surface area contributed by atoms with E-state index in [-0.39, 0.29) is 19.2 Å². The van der Waals surface area contributed by atoms with Gasteiger partial charge in [-0.15, -0.1) is 0 Å². The average Bonchev–Trinajstić information content (AvgIpc) is 2.23. The number of hydrogen-bond acceptors (Lipinski definition) is 5. The van der Waals surface area contributed by atoms with Gasteiger partial charge in [-0.3, -0.25) is 9.59 Å². The minimum atomic E-state index is -1.20. The Morgan fingerprint density at radius 1 is 1.24 bits per heavy atom. The molecular weight excluding hydrogens is 228 g/mol. The first kappa shape index (κ1) is 15.8. The van der Waals surface area contributed by atoms with Crippen molar-refractivity contribution in [2.45, 2.75) is 37.8 Å². The molecule has 0 aliphatic heterocycles. The molecule has 0 fully saturated rings. The average molecular weight is 248 g/mol. The molecule has 0 amide bonds. The third-order valence-electron chi connectivity index (χ3n) is 2.29. The lowest BCUT2D eigenvalue weighted by molar-refractivity contribution is -0.145. The number of carboxylic acid groups (broad SMARTS) is 2. The summed E-state index contributed by atoms with van der Waals surface area (Å²) >= 11 is 0. The molecule has 100 valence electrons. The molecule has 17 heavy (non-hydrogen) atoms. The van der Waals surface area contributed by atoms with E-state index in [9.17, 15) is 9.59 Å². The van der Waals surface area contributed by atoms with E-state index < -0.39 is 24.4 Å². The summed E-state index contributed by atoms with van der Waals surface area (Å²) in [7, 11) is 0. The first-order valence-electron chi connectivity index (χ1n) is 5.51. The lowest BCUT2D eigenvalue weighted by Crippen LogP contribution is -2.44. The molecule has 0 radical (unpaired) electrons. The highest BCUT2D eigenvalue weighted by molar-refractivity contribution is 5.80. The van der Waals surface area contributed by atoms with E-state index >= 15 is 0 Å². The Morgan fingerprint density at radius 2 is 1.88 bits per heavy atom. The van der Waals surface area contributed by atoms with Crippen LogP contribution in [0.25, 0.3) is 0 Å². The van der Waals surface area contributed by atoms with Crippen LogP contribution >= 0.6 is 0 Å². The summed E-state index contributed by atoms with van der Waals surface area (Å²) in [5.41, 5.74) is 5.71. The van der Waals surface area contributed by atoms with E-state index in [0.29, 0.717) is 12.8 Å². The Balaban J connectivity index is 3.87. The van der Waals surface area contributed by atoms with Gasteiger partial charge in [-0.25, -0.2) is 0 Å². The number of aliphatic hydroxyl groups is 1. The van der Waals surface area contributed by atoms with Crippen LogP contribution < -0.4 is 11.1 Å². The van der Waals surface area contributed by atoms with Gasteiger partial charge in [0, 0.05) is 19.2 Å². The van der Waals surface area contributed by atoms with Gasteiger partial charge in [0.25, 0.3) is 0 Å². The van der Waals surface area contributed by atoms with Crippen LogP contribution in [0.15, 0.2) is 0 Å². The third kappa shape index (κ3) is 8.61. The normalized spacial score (nSPS) is 14.2. The van der Waals surface area contributed by atoms with Crippen LogP contribution in [0.2, 0.25) is 0 Å². The minimum Gasteiger partial charge on any atom is -0.481 e. The maximum Gasteiger partial charge on any atom is 0.321 e. The van der Waals surface area contributed by atoms with Crippen molar-refractivity contribution < 1.29 is 24.9 Å². The van der Waals surface area contributed by atoms with E-state index in [1.54, 1.807) is 0 Å². The third-order valence-corrected chi connectivity index (χ3v) is 2.29. The molecule has 0 aromatic rings. The Hall–Kier alpha value is -1.18. The SMILES string of the molecule is NC(CCCCO)CNC(CC(=O)O)C(=O)O. The predicted molar refractivity (Wildman–Crippen MR) is 60.6 cm³/mol. The molecule has 0 aliphatic carbocycles. The van der Waals surface area contributed by atoms with Gasteiger partial charge in [0.1, 0.15) is 6.04 Å². The topological polar surface area (TPSA) is 133 Å². The van der Waals surface area contributed by atoms with Gasteiger partial charge in [-0.2, -0.15) is 0 Å². The number of carbonyl (C=O) groups is 2. The van der Waals surface area contributed by atoms with Crippen LogP contribution in [0.1, 0.15) is 25.7 Å². The second kappa shape index (κ2) is 8.91. The Morgan fingerprint density at radius 3 is 2.35 bits per heavy atom. The van der Waals surface area contributed by atoms with Crippen molar-refractivity contribution in [2.24, 2.45) is 5.73 Å². The predicted octanol–water partition coefficient (Wildman–Crippen LogP) is -1.01. The van der Waals surface area contributed by atoms with E-state index in [1.807, 2.05) is 0 Å². The number of nitrogens with one attached hydrogen (secondary N) is 1. The zero-order chi connectivity index (χ0) is 13.3. The smallest absolute Gasteiger partial charge is 0.321 e. The van der Waals surface area contributed by atoms with E-state index in [0.717, 1.165) is 6.42 Å². The molecule has 0 saturated carbocycles. The fourth-order valence-corrected chi connectivity index (χ4v) is 1.34. The Kier molecular flexibility index (Phi) is 8.29. The molecule has 2 atom stereocenters. The molecule has 0 aromatic carbocycles. The van der Waals surface area contributed by atoms with Crippen LogP contribution in [0.5, 0.6) is 0 Å². The summed E-state index contributed by atoms with van der Waals surface area (Å²) in [6.07, 6.45) is 1.60. The van der Waals surface area contributed by atoms with Gasteiger partial charge in [0.15, 0.2) is 0 Å². The van der Waals surface area contributed by atoms with Crippen molar-refractivity contribution in [3.05, 3.63) is 0 Å². The molecule has 6 N–H and O–H groups in total. The van der Waals surface area contributed by atoms with E-state index in [1.165, 1.54) is 0 Å². The Labute approximate surface area is 99.6 Å². The fourth-order valence-electron chi connectivity index (χ4n) is 1.34. The van der Waals surface area contributed by atoms with Crippen LogP contribution in [-0.2, 0) is 9.59 Å². The highest BCUT2D eigenvalue weighted by Gasteiger charge is 2.20. The van der Waals surface area contributed by atoms with E-state index in [2.05, 4.69) is 5.32 Å². The van der Waals surface area contributed by atoms with E-state index in [4.69, 9.17) is 21.1 Å². The number of aliphatic hydroxyl groups excluding tert-OH is 1. The maximum atomic E-state index is 10.7. The minimum absolute atomic E-state index is 0.108. The largest absolute Gasteiger partial charge is 0.481 e. The highest BCUT2D eigenvalue weighted by atomic mass is 16.4. The number of carboxylic acids is 2. The Bertz CT molecular complexity index is 247. The molecule has 7 heteroatoms. The molecule has 0 bridgehead atoms. The zero-order valence-electron chi connectivity index (χ0n) is 9.63. The molecular formula is C10H20N2O5. The summed E-state index contributed by atoms with van der Waals surface area (Å²) in [6, 6.07) is -1.35. The van der Waals surface area contributed by atoms with Crippen molar-refractivity contribution in [1.82, 2.24) is 5.32 Å². The molecule has 7 nitrogen and oxygen atoms in total. The molecule has 0 spiro atoms. The van der Waals surface area contributed by atoms with Crippen molar-refractivity contribution in [3.63, 3.8) is 0 Å². The molecule has 0 rings (SSSR count). The van der Waals surface area contributed by atoms with Gasteiger partial charge < -0.3 is 26.4 Å². The van der Waals surface area contributed by atoms with Crippen molar-refractivity contribution in [2.75, 3.05) is 13.2 Å². The van der Waals surface area contributed by atoms with Crippen molar-refractivity contribution in [3.8, 4) is 0 Å². The van der Waals surface area contributed by atoms with Gasteiger partial charge in [0.2, 0.25) is 0 Å². The maximum absolute atomic E-state index is 10.7. The van der Waals surface area contributed by atoms with Crippen molar-refractivity contribution >= 4 is 11.9 Å². The molecule has 0 heterocycles. The first-order chi connectivity index (χ1) is 7.97. The summed E-state index contributed by atoms with van der Waals surface area (Å²) in [5, 5.41) is 28.4. The lowest BCUT2D eigenvalue weighted by Gasteiger charge is -2.16. The molecule has 0 aromatic heterocycles. The van der Waals surface area contributed by atoms with Crippen LogP contribution in [0, 0.1) is 0 Å². The summed E-state index contributed by atoms with van der Waals surface area (Å²) in [4.78, 5) is 21.1. The van der Waals surface area contributed by atoms with Crippen LogP contribution in [0.3, 0.4) is 0 Å². The number of nitrogens with two attached hydrogens (primary N) is 1.